The molecule has 8 heteroatoms. The first-order valence-electron chi connectivity index (χ1n) is 7.53. The topological polar surface area (TPSA) is 95.2 Å². The highest BCUT2D eigenvalue weighted by Crippen LogP contribution is 2.32. The Labute approximate surface area is 141 Å². The third-order valence-electron chi connectivity index (χ3n) is 3.69. The molecule has 0 aliphatic heterocycles. The quantitative estimate of drug-likeness (QED) is 0.601. The molecule has 3 heterocycles. The van der Waals surface area contributed by atoms with E-state index in [1.54, 1.807) is 37.6 Å². The summed E-state index contributed by atoms with van der Waals surface area (Å²) in [7, 11) is 1.56. The zero-order valence-electron chi connectivity index (χ0n) is 13.3. The first kappa shape index (κ1) is 15.0. The Balaban J connectivity index is 1.77. The van der Waals surface area contributed by atoms with Gasteiger partial charge < -0.3 is 13.9 Å². The predicted molar refractivity (Wildman–Crippen MR) is 89.0 cm³/mol. The summed E-state index contributed by atoms with van der Waals surface area (Å²) in [6.07, 6.45) is 2.90. The van der Waals surface area contributed by atoms with Crippen molar-refractivity contribution < 1.29 is 13.9 Å². The van der Waals surface area contributed by atoms with Crippen LogP contribution in [-0.2, 0) is 6.54 Å². The standard InChI is InChI=1S/C17H14N4O4/c1-23-12-6-2-3-7-13(12)25-16-14-15(18-10-19-16)21(17(22)20-14)9-11-5-4-8-24-11/h2-8,10H,9H2,1H3,(H,20,22). The molecule has 0 atom stereocenters. The molecule has 1 aromatic carbocycles. The van der Waals surface area contributed by atoms with E-state index in [-0.39, 0.29) is 18.1 Å². The fourth-order valence-electron chi connectivity index (χ4n) is 2.54. The van der Waals surface area contributed by atoms with Crippen LogP contribution in [0.15, 0.2) is 58.2 Å². The molecule has 0 aliphatic rings. The van der Waals surface area contributed by atoms with Crippen LogP contribution in [-0.4, -0.2) is 26.6 Å². The molecule has 1 N–H and O–H groups in total. The highest BCUT2D eigenvalue weighted by Gasteiger charge is 2.16. The lowest BCUT2D eigenvalue weighted by atomic mass is 10.3. The molecule has 0 saturated heterocycles. The van der Waals surface area contributed by atoms with E-state index < -0.39 is 0 Å². The van der Waals surface area contributed by atoms with Gasteiger partial charge in [-0.2, -0.15) is 4.98 Å². The minimum atomic E-state index is -0.322. The van der Waals surface area contributed by atoms with Crippen LogP contribution >= 0.6 is 0 Å². The number of ether oxygens (including phenoxy) is 2. The van der Waals surface area contributed by atoms with E-state index in [1.165, 1.54) is 10.9 Å². The smallest absolute Gasteiger partial charge is 0.328 e. The Bertz CT molecular complexity index is 1070. The number of methoxy groups -OCH3 is 1. The zero-order chi connectivity index (χ0) is 17.2. The second kappa shape index (κ2) is 6.16. The number of imidazole rings is 1. The monoisotopic (exact) mass is 338 g/mol. The summed E-state index contributed by atoms with van der Waals surface area (Å²) >= 11 is 0. The minimum absolute atomic E-state index is 0.241. The molecule has 3 aromatic heterocycles. The summed E-state index contributed by atoms with van der Waals surface area (Å²) in [5.74, 6) is 1.94. The lowest BCUT2D eigenvalue weighted by Gasteiger charge is -2.09. The van der Waals surface area contributed by atoms with Gasteiger partial charge in [0.05, 0.1) is 19.9 Å². The molecule has 25 heavy (non-hydrogen) atoms. The van der Waals surface area contributed by atoms with E-state index >= 15 is 0 Å². The van der Waals surface area contributed by atoms with Crippen LogP contribution in [0.4, 0.5) is 0 Å². The molecular weight excluding hydrogens is 324 g/mol. The number of hydrogen-bond acceptors (Lipinski definition) is 6. The largest absolute Gasteiger partial charge is 0.493 e. The van der Waals surface area contributed by atoms with E-state index in [0.717, 1.165) is 0 Å². The summed E-state index contributed by atoms with van der Waals surface area (Å²) in [5, 5.41) is 0. The molecule has 0 unspecified atom stereocenters. The van der Waals surface area contributed by atoms with Gasteiger partial charge in [0.25, 0.3) is 0 Å². The molecule has 8 nitrogen and oxygen atoms in total. The summed E-state index contributed by atoms with van der Waals surface area (Å²) in [6, 6.07) is 10.7. The van der Waals surface area contributed by atoms with Crippen molar-refractivity contribution in [2.24, 2.45) is 0 Å². The van der Waals surface area contributed by atoms with Crippen LogP contribution in [0.3, 0.4) is 0 Å². The molecule has 0 bridgehead atoms. The summed E-state index contributed by atoms with van der Waals surface area (Å²) < 4.78 is 17.9. The first-order chi connectivity index (χ1) is 12.3. The Kier molecular flexibility index (Phi) is 3.70. The van der Waals surface area contributed by atoms with E-state index in [2.05, 4.69) is 15.0 Å². The highest BCUT2D eigenvalue weighted by atomic mass is 16.5. The Hall–Kier alpha value is -3.55. The molecule has 4 aromatic rings. The van der Waals surface area contributed by atoms with Crippen molar-refractivity contribution >= 4 is 11.2 Å². The van der Waals surface area contributed by atoms with Gasteiger partial charge in [0.2, 0.25) is 5.88 Å². The van der Waals surface area contributed by atoms with Crippen molar-refractivity contribution in [3.05, 3.63) is 65.2 Å². The fraction of sp³-hybridized carbons (Fsp3) is 0.118. The van der Waals surface area contributed by atoms with Gasteiger partial charge in [-0.1, -0.05) is 12.1 Å². The number of nitrogens with one attached hydrogen (secondary N) is 1. The third kappa shape index (κ3) is 2.74. The predicted octanol–water partition coefficient (Wildman–Crippen LogP) is 2.56. The van der Waals surface area contributed by atoms with Crippen molar-refractivity contribution in [3.63, 3.8) is 0 Å². The lowest BCUT2D eigenvalue weighted by Crippen LogP contribution is -2.17. The maximum atomic E-state index is 12.3. The summed E-state index contributed by atoms with van der Waals surface area (Å²) in [5.41, 5.74) is 0.517. The van der Waals surface area contributed by atoms with Crippen LogP contribution in [0.25, 0.3) is 11.2 Å². The molecule has 0 amide bonds. The van der Waals surface area contributed by atoms with E-state index in [1.807, 2.05) is 12.1 Å². The number of aromatic nitrogens is 4. The number of nitrogens with zero attached hydrogens (tertiary/aromatic N) is 3. The second-order valence-electron chi connectivity index (χ2n) is 5.23. The summed E-state index contributed by atoms with van der Waals surface area (Å²) in [6.45, 7) is 0.261. The van der Waals surface area contributed by atoms with Gasteiger partial charge in [-0.15, -0.1) is 0 Å². The number of aromatic amines is 1. The average molecular weight is 338 g/mol. The molecule has 0 aliphatic carbocycles. The van der Waals surface area contributed by atoms with Gasteiger partial charge in [0, 0.05) is 0 Å². The zero-order valence-corrected chi connectivity index (χ0v) is 13.3. The average Bonchev–Trinajstić information content (AvgIpc) is 3.25. The summed E-state index contributed by atoms with van der Waals surface area (Å²) in [4.78, 5) is 23.4. The van der Waals surface area contributed by atoms with Crippen molar-refractivity contribution in [2.45, 2.75) is 6.54 Å². The molecule has 126 valence electrons. The van der Waals surface area contributed by atoms with Gasteiger partial charge in [-0.05, 0) is 24.3 Å². The van der Waals surface area contributed by atoms with Gasteiger partial charge in [0.1, 0.15) is 17.6 Å². The van der Waals surface area contributed by atoms with E-state index in [4.69, 9.17) is 13.9 Å². The number of benzene rings is 1. The normalized spacial score (nSPS) is 10.9. The number of fused-ring (bicyclic) bond motifs is 1. The number of H-pyrrole nitrogens is 1. The number of para-hydroxylation sites is 2. The number of rotatable bonds is 5. The molecular formula is C17H14N4O4. The van der Waals surface area contributed by atoms with Crippen molar-refractivity contribution in [1.82, 2.24) is 19.5 Å². The van der Waals surface area contributed by atoms with Crippen LogP contribution in [0.5, 0.6) is 17.4 Å². The van der Waals surface area contributed by atoms with Gasteiger partial charge in [0.15, 0.2) is 17.1 Å². The van der Waals surface area contributed by atoms with Gasteiger partial charge >= 0.3 is 5.69 Å². The van der Waals surface area contributed by atoms with Crippen LogP contribution in [0.2, 0.25) is 0 Å². The molecule has 4 rings (SSSR count). The van der Waals surface area contributed by atoms with E-state index in [0.29, 0.717) is 28.4 Å². The van der Waals surface area contributed by atoms with Crippen LogP contribution in [0, 0.1) is 0 Å². The second-order valence-corrected chi connectivity index (χ2v) is 5.23. The van der Waals surface area contributed by atoms with Crippen LogP contribution < -0.4 is 15.2 Å². The Morgan fingerprint density at radius 3 is 2.76 bits per heavy atom. The molecule has 0 fully saturated rings. The first-order valence-corrected chi connectivity index (χ1v) is 7.53. The Morgan fingerprint density at radius 1 is 1.16 bits per heavy atom. The van der Waals surface area contributed by atoms with Gasteiger partial charge in [-0.25, -0.2) is 9.78 Å². The van der Waals surface area contributed by atoms with Gasteiger partial charge in [-0.3, -0.25) is 9.55 Å². The molecule has 0 saturated carbocycles. The maximum absolute atomic E-state index is 12.3. The molecule has 0 spiro atoms. The number of hydrogen-bond donors (Lipinski definition) is 1. The SMILES string of the molecule is COc1ccccc1Oc1ncnc2c1[nH]c(=O)n2Cc1ccco1. The van der Waals surface area contributed by atoms with Crippen molar-refractivity contribution in [3.8, 4) is 17.4 Å². The van der Waals surface area contributed by atoms with E-state index in [9.17, 15) is 4.79 Å². The Morgan fingerprint density at radius 2 is 2.00 bits per heavy atom. The lowest BCUT2D eigenvalue weighted by molar-refractivity contribution is 0.375. The highest BCUT2D eigenvalue weighted by molar-refractivity contribution is 5.76. The fourth-order valence-corrected chi connectivity index (χ4v) is 2.54. The minimum Gasteiger partial charge on any atom is -0.493 e. The van der Waals surface area contributed by atoms with Crippen molar-refractivity contribution in [1.29, 1.82) is 0 Å². The number of furan rings is 1. The third-order valence-corrected chi connectivity index (χ3v) is 3.69. The maximum Gasteiger partial charge on any atom is 0.328 e. The molecule has 0 radical (unpaired) electrons. The van der Waals surface area contributed by atoms with Crippen molar-refractivity contribution in [2.75, 3.05) is 7.11 Å². The van der Waals surface area contributed by atoms with Crippen LogP contribution in [0.1, 0.15) is 5.76 Å².